The number of rotatable bonds is 9. The van der Waals surface area contributed by atoms with Gasteiger partial charge in [0.15, 0.2) is 5.76 Å². The van der Waals surface area contributed by atoms with E-state index in [-0.39, 0.29) is 17.8 Å². The number of thioether (sulfide) groups is 1. The van der Waals surface area contributed by atoms with E-state index >= 15 is 0 Å². The third-order valence-corrected chi connectivity index (χ3v) is 5.44. The molecule has 0 aliphatic carbocycles. The maximum Gasteiger partial charge on any atom is 0.287 e. The van der Waals surface area contributed by atoms with Gasteiger partial charge in [-0.2, -0.15) is 0 Å². The molecule has 3 aromatic rings. The van der Waals surface area contributed by atoms with Gasteiger partial charge in [0.25, 0.3) is 5.91 Å². The topological polar surface area (TPSA) is 42.2 Å². The summed E-state index contributed by atoms with van der Waals surface area (Å²) in [5.41, 5.74) is 1.93. The van der Waals surface area contributed by atoms with Crippen LogP contribution in [0.4, 0.5) is 4.39 Å². The number of hydrogen-bond donors (Lipinski definition) is 1. The van der Waals surface area contributed by atoms with Gasteiger partial charge in [0, 0.05) is 11.8 Å². The first-order valence-corrected chi connectivity index (χ1v) is 10.5. The first-order chi connectivity index (χ1) is 13.6. The monoisotopic (exact) mass is 397 g/mol. The molecule has 0 aliphatic rings. The molecule has 0 fully saturated rings. The summed E-state index contributed by atoms with van der Waals surface area (Å²) in [6.45, 7) is 1.99. The number of aryl methyl sites for hydroxylation is 1. The van der Waals surface area contributed by atoms with Gasteiger partial charge in [-0.1, -0.05) is 48.5 Å². The number of amides is 1. The average Bonchev–Trinajstić information content (AvgIpc) is 3.18. The summed E-state index contributed by atoms with van der Waals surface area (Å²) >= 11 is 1.55. The lowest BCUT2D eigenvalue weighted by molar-refractivity contribution is 0.0909. The summed E-state index contributed by atoms with van der Waals surface area (Å²) in [6, 6.07) is 20.5. The zero-order valence-electron chi connectivity index (χ0n) is 15.9. The number of furan rings is 1. The second kappa shape index (κ2) is 10.1. The lowest BCUT2D eigenvalue weighted by atomic mass is 10.1. The molecule has 0 radical (unpaired) electrons. The Morgan fingerprint density at radius 2 is 1.79 bits per heavy atom. The van der Waals surface area contributed by atoms with Crippen molar-refractivity contribution in [2.24, 2.45) is 0 Å². The minimum atomic E-state index is -0.203. The van der Waals surface area contributed by atoms with E-state index in [1.807, 2.05) is 31.2 Å². The highest BCUT2D eigenvalue weighted by Gasteiger charge is 2.14. The SMILES string of the molecule is C[C@H](CCc1ccccc1)NC(=O)c1ccc(CSCc2ccccc2F)o1. The fourth-order valence-corrected chi connectivity index (χ4v) is 3.76. The molecule has 1 atom stereocenters. The Morgan fingerprint density at radius 1 is 1.04 bits per heavy atom. The van der Waals surface area contributed by atoms with E-state index in [9.17, 15) is 9.18 Å². The smallest absolute Gasteiger partial charge is 0.287 e. The zero-order chi connectivity index (χ0) is 19.8. The lowest BCUT2D eigenvalue weighted by Gasteiger charge is -2.12. The Labute approximate surface area is 169 Å². The molecule has 28 heavy (non-hydrogen) atoms. The highest BCUT2D eigenvalue weighted by atomic mass is 32.2. The second-order valence-corrected chi connectivity index (χ2v) is 7.73. The molecule has 1 aromatic heterocycles. The molecule has 0 bridgehead atoms. The number of carbonyl (C=O) groups is 1. The molecule has 0 saturated heterocycles. The summed E-state index contributed by atoms with van der Waals surface area (Å²) in [5.74, 6) is 1.78. The minimum absolute atomic E-state index is 0.0525. The van der Waals surface area contributed by atoms with E-state index in [2.05, 4.69) is 17.4 Å². The van der Waals surface area contributed by atoms with Crippen molar-refractivity contribution in [3.63, 3.8) is 0 Å². The van der Waals surface area contributed by atoms with Crippen molar-refractivity contribution in [2.45, 2.75) is 37.3 Å². The fourth-order valence-electron chi connectivity index (χ4n) is 2.85. The summed E-state index contributed by atoms with van der Waals surface area (Å²) in [7, 11) is 0. The standard InChI is InChI=1S/C23H24FNO2S/c1-17(11-12-18-7-3-2-4-8-18)25-23(26)22-14-13-20(27-22)16-28-15-19-9-5-6-10-21(19)24/h2-10,13-14,17H,11-12,15-16H2,1H3,(H,25,26)/t17-/m1/s1. The Bertz CT molecular complexity index is 894. The first-order valence-electron chi connectivity index (χ1n) is 9.36. The molecule has 5 heteroatoms. The van der Waals surface area contributed by atoms with Crippen molar-refractivity contribution in [1.29, 1.82) is 0 Å². The predicted molar refractivity (Wildman–Crippen MR) is 112 cm³/mol. The quantitative estimate of drug-likeness (QED) is 0.511. The normalized spacial score (nSPS) is 11.9. The average molecular weight is 398 g/mol. The number of benzene rings is 2. The van der Waals surface area contributed by atoms with Crippen LogP contribution in [0.3, 0.4) is 0 Å². The molecule has 0 unspecified atom stereocenters. The fraction of sp³-hybridized carbons (Fsp3) is 0.261. The molecule has 0 spiro atoms. The van der Waals surface area contributed by atoms with Gasteiger partial charge in [0.2, 0.25) is 0 Å². The van der Waals surface area contributed by atoms with Crippen molar-refractivity contribution in [2.75, 3.05) is 0 Å². The Morgan fingerprint density at radius 3 is 2.57 bits per heavy atom. The highest BCUT2D eigenvalue weighted by molar-refractivity contribution is 7.97. The molecule has 1 amide bonds. The molecule has 1 heterocycles. The van der Waals surface area contributed by atoms with Crippen LogP contribution in [-0.2, 0) is 17.9 Å². The van der Waals surface area contributed by atoms with Gasteiger partial charge in [-0.3, -0.25) is 4.79 Å². The summed E-state index contributed by atoms with van der Waals surface area (Å²) in [5, 5.41) is 2.98. The summed E-state index contributed by atoms with van der Waals surface area (Å²) < 4.78 is 19.3. The van der Waals surface area contributed by atoms with E-state index < -0.39 is 0 Å². The van der Waals surface area contributed by atoms with Crippen molar-refractivity contribution in [3.8, 4) is 0 Å². The molecule has 3 rings (SSSR count). The van der Waals surface area contributed by atoms with Crippen molar-refractivity contribution >= 4 is 17.7 Å². The van der Waals surface area contributed by atoms with Crippen LogP contribution in [0.5, 0.6) is 0 Å². The second-order valence-electron chi connectivity index (χ2n) is 6.75. The third-order valence-electron chi connectivity index (χ3n) is 4.43. The van der Waals surface area contributed by atoms with Crippen LogP contribution in [0.1, 0.15) is 40.8 Å². The third kappa shape index (κ3) is 5.99. The number of halogens is 1. The van der Waals surface area contributed by atoms with Crippen LogP contribution in [0.25, 0.3) is 0 Å². The van der Waals surface area contributed by atoms with Crippen molar-refractivity contribution in [1.82, 2.24) is 5.32 Å². The van der Waals surface area contributed by atoms with Gasteiger partial charge >= 0.3 is 0 Å². The Kier molecular flexibility index (Phi) is 7.31. The van der Waals surface area contributed by atoms with E-state index in [1.54, 1.807) is 36.0 Å². The molecule has 2 aromatic carbocycles. The largest absolute Gasteiger partial charge is 0.455 e. The first kappa shape index (κ1) is 20.2. The Hall–Kier alpha value is -2.53. The van der Waals surface area contributed by atoms with Crippen LogP contribution in [0.2, 0.25) is 0 Å². The van der Waals surface area contributed by atoms with Crippen molar-refractivity contribution in [3.05, 3.63) is 95.2 Å². The predicted octanol–water partition coefficient (Wildman–Crippen LogP) is 5.60. The van der Waals surface area contributed by atoms with Gasteiger partial charge in [-0.25, -0.2) is 4.39 Å². The van der Waals surface area contributed by atoms with Crippen LogP contribution >= 0.6 is 11.8 Å². The molecular weight excluding hydrogens is 373 g/mol. The maximum atomic E-state index is 13.6. The van der Waals surface area contributed by atoms with E-state index in [4.69, 9.17) is 4.42 Å². The van der Waals surface area contributed by atoms with Gasteiger partial charge in [0.1, 0.15) is 11.6 Å². The van der Waals surface area contributed by atoms with Gasteiger partial charge in [-0.05, 0) is 49.1 Å². The Balaban J connectivity index is 1.43. The van der Waals surface area contributed by atoms with E-state index in [0.29, 0.717) is 28.6 Å². The van der Waals surface area contributed by atoms with Crippen LogP contribution in [-0.4, -0.2) is 11.9 Å². The van der Waals surface area contributed by atoms with Crippen LogP contribution in [0, 0.1) is 5.82 Å². The van der Waals surface area contributed by atoms with Crippen molar-refractivity contribution < 1.29 is 13.6 Å². The zero-order valence-corrected chi connectivity index (χ0v) is 16.7. The summed E-state index contributed by atoms with van der Waals surface area (Å²) in [6.07, 6.45) is 1.78. The van der Waals surface area contributed by atoms with E-state index in [1.165, 1.54) is 11.6 Å². The van der Waals surface area contributed by atoms with Gasteiger partial charge in [-0.15, -0.1) is 11.8 Å². The number of hydrogen-bond acceptors (Lipinski definition) is 3. The van der Waals surface area contributed by atoms with Crippen LogP contribution in [0.15, 0.2) is 71.1 Å². The summed E-state index contributed by atoms with van der Waals surface area (Å²) in [4.78, 5) is 12.4. The molecule has 3 nitrogen and oxygen atoms in total. The molecule has 0 aliphatic heterocycles. The van der Waals surface area contributed by atoms with Crippen LogP contribution < -0.4 is 5.32 Å². The van der Waals surface area contributed by atoms with Gasteiger partial charge < -0.3 is 9.73 Å². The van der Waals surface area contributed by atoms with E-state index in [0.717, 1.165) is 12.8 Å². The minimum Gasteiger partial charge on any atom is -0.455 e. The number of carbonyl (C=O) groups excluding carboxylic acids is 1. The highest BCUT2D eigenvalue weighted by Crippen LogP contribution is 2.21. The number of nitrogens with one attached hydrogen (secondary N) is 1. The van der Waals surface area contributed by atoms with Gasteiger partial charge in [0.05, 0.1) is 5.75 Å². The lowest BCUT2D eigenvalue weighted by Crippen LogP contribution is -2.32. The molecule has 0 saturated carbocycles. The molecular formula is C23H24FNO2S. The maximum absolute atomic E-state index is 13.6. The molecule has 146 valence electrons. The molecule has 1 N–H and O–H groups in total.